The van der Waals surface area contributed by atoms with Gasteiger partial charge < -0.3 is 29.6 Å². The van der Waals surface area contributed by atoms with Crippen LogP contribution in [0.3, 0.4) is 0 Å². The number of nitrogens with one attached hydrogen (secondary N) is 2. The topological polar surface area (TPSA) is 73.3 Å². The normalized spacial score (nSPS) is 23.5. The van der Waals surface area contributed by atoms with Gasteiger partial charge in [0, 0.05) is 46.1 Å². The monoisotopic (exact) mass is 371 g/mol. The van der Waals surface area contributed by atoms with Crippen LogP contribution in [0.1, 0.15) is 45.4 Å². The smallest absolute Gasteiger partial charge is 0.191 e. The Labute approximate surface area is 158 Å². The Hall–Kier alpha value is -0.890. The minimum absolute atomic E-state index is 0.305. The number of aliphatic imine (C=N–C) groups is 1. The summed E-state index contributed by atoms with van der Waals surface area (Å²) in [7, 11) is 0. The second-order valence-electron chi connectivity index (χ2n) is 6.81. The van der Waals surface area contributed by atoms with Gasteiger partial charge >= 0.3 is 0 Å². The molecule has 0 aromatic carbocycles. The van der Waals surface area contributed by atoms with Gasteiger partial charge in [-0.1, -0.05) is 0 Å². The molecule has 2 atom stereocenters. The van der Waals surface area contributed by atoms with Crippen LogP contribution in [0.2, 0.25) is 0 Å². The minimum atomic E-state index is 0.305. The molecule has 0 spiro atoms. The van der Waals surface area contributed by atoms with E-state index in [0.717, 1.165) is 97.2 Å². The Kier molecular flexibility index (Phi) is 11.7. The lowest BCUT2D eigenvalue weighted by Crippen LogP contribution is -2.38. The highest BCUT2D eigenvalue weighted by atomic mass is 16.5. The zero-order chi connectivity index (χ0) is 18.3. The number of ether oxygens (including phenoxy) is 4. The Morgan fingerprint density at radius 1 is 0.962 bits per heavy atom. The zero-order valence-electron chi connectivity index (χ0n) is 16.3. The van der Waals surface area contributed by atoms with E-state index in [4.69, 9.17) is 18.9 Å². The molecule has 0 amide bonds. The maximum atomic E-state index is 5.67. The molecule has 0 radical (unpaired) electrons. The molecule has 2 aliphatic heterocycles. The number of hydrogen-bond donors (Lipinski definition) is 2. The zero-order valence-corrected chi connectivity index (χ0v) is 16.3. The van der Waals surface area contributed by atoms with Crippen molar-refractivity contribution in [2.75, 3.05) is 59.3 Å². The molecule has 2 rings (SSSR count). The van der Waals surface area contributed by atoms with Crippen LogP contribution in [-0.2, 0) is 18.9 Å². The standard InChI is InChI=1S/C19H37N3O4/c1-2-20-19(21-9-5-11-23-15-17-7-3-13-25-17)22-10-6-12-24-16-18-8-4-14-26-18/h17-18H,2-16H2,1H3,(H2,20,21,22). The Morgan fingerprint density at radius 2 is 1.62 bits per heavy atom. The van der Waals surface area contributed by atoms with Crippen LogP contribution < -0.4 is 10.6 Å². The van der Waals surface area contributed by atoms with Crippen molar-refractivity contribution < 1.29 is 18.9 Å². The second kappa shape index (κ2) is 14.2. The van der Waals surface area contributed by atoms with Crippen LogP contribution in [0.25, 0.3) is 0 Å². The first-order chi connectivity index (χ1) is 12.9. The molecule has 2 aliphatic rings. The summed E-state index contributed by atoms with van der Waals surface area (Å²) in [5.41, 5.74) is 0. The van der Waals surface area contributed by atoms with E-state index in [1.807, 2.05) is 0 Å². The first-order valence-electron chi connectivity index (χ1n) is 10.3. The van der Waals surface area contributed by atoms with Crippen LogP contribution in [0, 0.1) is 0 Å². The first kappa shape index (κ1) is 21.4. The van der Waals surface area contributed by atoms with E-state index in [-0.39, 0.29) is 0 Å². The molecule has 0 aromatic heterocycles. The van der Waals surface area contributed by atoms with Crippen molar-refractivity contribution in [1.29, 1.82) is 0 Å². The molecule has 2 heterocycles. The fourth-order valence-electron chi connectivity index (χ4n) is 3.06. The van der Waals surface area contributed by atoms with Crippen molar-refractivity contribution in [3.05, 3.63) is 0 Å². The Morgan fingerprint density at radius 3 is 2.19 bits per heavy atom. The van der Waals surface area contributed by atoms with Gasteiger partial charge in [-0.15, -0.1) is 0 Å². The summed E-state index contributed by atoms with van der Waals surface area (Å²) >= 11 is 0. The van der Waals surface area contributed by atoms with E-state index >= 15 is 0 Å². The highest BCUT2D eigenvalue weighted by molar-refractivity contribution is 5.79. The van der Waals surface area contributed by atoms with E-state index in [1.54, 1.807) is 0 Å². The number of guanidine groups is 1. The fourth-order valence-corrected chi connectivity index (χ4v) is 3.06. The Bertz CT molecular complexity index is 370. The van der Waals surface area contributed by atoms with Crippen molar-refractivity contribution in [2.45, 2.75) is 57.7 Å². The van der Waals surface area contributed by atoms with Gasteiger partial charge in [0.25, 0.3) is 0 Å². The van der Waals surface area contributed by atoms with Crippen LogP contribution in [0.15, 0.2) is 4.99 Å². The molecular formula is C19H37N3O4. The first-order valence-corrected chi connectivity index (χ1v) is 10.3. The molecule has 2 saturated heterocycles. The lowest BCUT2D eigenvalue weighted by atomic mass is 10.2. The largest absolute Gasteiger partial charge is 0.379 e. The van der Waals surface area contributed by atoms with Gasteiger partial charge in [-0.2, -0.15) is 0 Å². The van der Waals surface area contributed by atoms with Gasteiger partial charge in [0.1, 0.15) is 0 Å². The summed E-state index contributed by atoms with van der Waals surface area (Å²) in [6, 6.07) is 0. The van der Waals surface area contributed by atoms with E-state index in [1.165, 1.54) is 0 Å². The van der Waals surface area contributed by atoms with Crippen LogP contribution in [0.4, 0.5) is 0 Å². The lowest BCUT2D eigenvalue weighted by molar-refractivity contribution is 0.0168. The van der Waals surface area contributed by atoms with E-state index in [0.29, 0.717) is 18.8 Å². The van der Waals surface area contributed by atoms with Crippen LogP contribution >= 0.6 is 0 Å². The van der Waals surface area contributed by atoms with Crippen LogP contribution in [-0.4, -0.2) is 77.4 Å². The SMILES string of the molecule is CCNC(=NCCCOCC1CCCO1)NCCCOCC1CCCO1. The minimum Gasteiger partial charge on any atom is -0.379 e. The second-order valence-corrected chi connectivity index (χ2v) is 6.81. The molecule has 0 aliphatic carbocycles. The van der Waals surface area contributed by atoms with Gasteiger partial charge in [0.15, 0.2) is 5.96 Å². The molecule has 2 unspecified atom stereocenters. The lowest BCUT2D eigenvalue weighted by Gasteiger charge is -2.13. The van der Waals surface area contributed by atoms with Crippen molar-refractivity contribution in [3.63, 3.8) is 0 Å². The number of nitrogens with zero attached hydrogens (tertiary/aromatic N) is 1. The van der Waals surface area contributed by atoms with Crippen molar-refractivity contribution >= 4 is 5.96 Å². The summed E-state index contributed by atoms with van der Waals surface area (Å²) in [5.74, 6) is 0.866. The van der Waals surface area contributed by atoms with E-state index in [9.17, 15) is 0 Å². The predicted molar refractivity (Wildman–Crippen MR) is 103 cm³/mol. The third-order valence-corrected chi connectivity index (χ3v) is 4.47. The molecular weight excluding hydrogens is 334 g/mol. The third kappa shape index (κ3) is 9.71. The molecule has 0 aromatic rings. The molecule has 2 fully saturated rings. The molecule has 2 N–H and O–H groups in total. The third-order valence-electron chi connectivity index (χ3n) is 4.47. The summed E-state index contributed by atoms with van der Waals surface area (Å²) in [5, 5.41) is 6.62. The molecule has 26 heavy (non-hydrogen) atoms. The molecule has 7 nitrogen and oxygen atoms in total. The summed E-state index contributed by atoms with van der Waals surface area (Å²) in [6.45, 7) is 9.25. The summed E-state index contributed by atoms with van der Waals surface area (Å²) in [6.07, 6.45) is 7.09. The number of rotatable bonds is 13. The average molecular weight is 372 g/mol. The molecule has 152 valence electrons. The van der Waals surface area contributed by atoms with Gasteiger partial charge in [0.2, 0.25) is 0 Å². The highest BCUT2D eigenvalue weighted by Gasteiger charge is 2.15. The highest BCUT2D eigenvalue weighted by Crippen LogP contribution is 2.12. The van der Waals surface area contributed by atoms with Crippen molar-refractivity contribution in [2.24, 2.45) is 4.99 Å². The van der Waals surface area contributed by atoms with Gasteiger partial charge in [-0.05, 0) is 45.4 Å². The van der Waals surface area contributed by atoms with Gasteiger partial charge in [0.05, 0.1) is 25.4 Å². The maximum absolute atomic E-state index is 5.67. The van der Waals surface area contributed by atoms with Gasteiger partial charge in [-0.3, -0.25) is 4.99 Å². The van der Waals surface area contributed by atoms with Crippen molar-refractivity contribution in [3.8, 4) is 0 Å². The summed E-state index contributed by atoms with van der Waals surface area (Å²) < 4.78 is 22.4. The maximum Gasteiger partial charge on any atom is 0.191 e. The van der Waals surface area contributed by atoms with Gasteiger partial charge in [-0.25, -0.2) is 0 Å². The van der Waals surface area contributed by atoms with E-state index < -0.39 is 0 Å². The number of hydrogen-bond acceptors (Lipinski definition) is 5. The average Bonchev–Trinajstić information content (AvgIpc) is 3.34. The molecule has 0 saturated carbocycles. The fraction of sp³-hybridized carbons (Fsp3) is 0.947. The molecule has 0 bridgehead atoms. The van der Waals surface area contributed by atoms with E-state index in [2.05, 4.69) is 22.5 Å². The van der Waals surface area contributed by atoms with Crippen LogP contribution in [0.5, 0.6) is 0 Å². The summed E-state index contributed by atoms with van der Waals surface area (Å²) in [4.78, 5) is 4.59. The predicted octanol–water partition coefficient (Wildman–Crippen LogP) is 1.71. The molecule has 7 heteroatoms. The quantitative estimate of drug-likeness (QED) is 0.292. The van der Waals surface area contributed by atoms with Crippen molar-refractivity contribution in [1.82, 2.24) is 10.6 Å². The Balaban J connectivity index is 1.44.